The van der Waals surface area contributed by atoms with Crippen LogP contribution in [0.3, 0.4) is 0 Å². The van der Waals surface area contributed by atoms with Crippen LogP contribution in [-0.2, 0) is 14.8 Å². The van der Waals surface area contributed by atoms with E-state index in [1.54, 1.807) is 0 Å². The van der Waals surface area contributed by atoms with Gasteiger partial charge in [-0.05, 0) is 37.3 Å². The highest BCUT2D eigenvalue weighted by Gasteiger charge is 2.29. The number of hydrogen-bond acceptors (Lipinski definition) is 5. The van der Waals surface area contributed by atoms with Crippen molar-refractivity contribution in [3.05, 3.63) is 63.2 Å². The first-order valence-electron chi connectivity index (χ1n) is 6.88. The zero-order chi connectivity index (χ0) is 18.8. The van der Waals surface area contributed by atoms with E-state index in [1.807, 2.05) is 0 Å². The number of halogens is 1. The van der Waals surface area contributed by atoms with E-state index in [2.05, 4.69) is 0 Å². The van der Waals surface area contributed by atoms with Gasteiger partial charge in [0.25, 0.3) is 15.7 Å². The van der Waals surface area contributed by atoms with E-state index < -0.39 is 27.5 Å². The van der Waals surface area contributed by atoms with Crippen LogP contribution in [0.25, 0.3) is 0 Å². The van der Waals surface area contributed by atoms with Crippen LogP contribution in [0.1, 0.15) is 5.56 Å². The fourth-order valence-corrected chi connectivity index (χ4v) is 3.68. The van der Waals surface area contributed by atoms with Gasteiger partial charge >= 0.3 is 5.97 Å². The quantitative estimate of drug-likeness (QED) is 0.604. The number of nitro groups is 1. The summed E-state index contributed by atoms with van der Waals surface area (Å²) in [6, 6.07) is 8.94. The summed E-state index contributed by atoms with van der Waals surface area (Å²) in [6.07, 6.45) is 0. The lowest BCUT2D eigenvalue weighted by molar-refractivity contribution is -0.385. The third-order valence-electron chi connectivity index (χ3n) is 3.36. The average Bonchev–Trinajstić information content (AvgIpc) is 2.53. The molecule has 0 aliphatic rings. The summed E-state index contributed by atoms with van der Waals surface area (Å²) < 4.78 is 26.3. The second-order valence-electron chi connectivity index (χ2n) is 5.09. The van der Waals surface area contributed by atoms with Gasteiger partial charge in [0.1, 0.15) is 6.54 Å². The number of carboxylic acids is 1. The molecule has 0 saturated carbocycles. The van der Waals surface area contributed by atoms with Crippen molar-refractivity contribution in [2.75, 3.05) is 10.8 Å². The van der Waals surface area contributed by atoms with Gasteiger partial charge in [0, 0.05) is 16.7 Å². The standard InChI is InChI=1S/C15H13ClN2O6S/c1-10-2-7-13(8-14(10)18(21)22)25(23,24)17(9-15(19)20)12-5-3-11(16)4-6-12/h2-8H,9H2,1H3,(H,19,20). The molecular formula is C15H13ClN2O6S. The van der Waals surface area contributed by atoms with Crippen molar-refractivity contribution in [2.45, 2.75) is 11.8 Å². The maximum Gasteiger partial charge on any atom is 0.324 e. The number of anilines is 1. The molecule has 0 saturated heterocycles. The number of aliphatic carboxylic acids is 1. The Morgan fingerprint density at radius 2 is 1.84 bits per heavy atom. The third kappa shape index (κ3) is 4.06. The molecule has 0 aliphatic heterocycles. The molecule has 8 nitrogen and oxygen atoms in total. The van der Waals surface area contributed by atoms with Crippen LogP contribution in [0, 0.1) is 17.0 Å². The zero-order valence-corrected chi connectivity index (χ0v) is 14.5. The van der Waals surface area contributed by atoms with Gasteiger partial charge in [0.15, 0.2) is 0 Å². The van der Waals surface area contributed by atoms with Crippen molar-refractivity contribution >= 4 is 39.0 Å². The molecule has 0 radical (unpaired) electrons. The Labute approximate surface area is 148 Å². The van der Waals surface area contributed by atoms with Crippen molar-refractivity contribution in [1.82, 2.24) is 0 Å². The lowest BCUT2D eigenvalue weighted by Crippen LogP contribution is -2.35. The van der Waals surface area contributed by atoms with Crippen LogP contribution in [0.15, 0.2) is 47.4 Å². The van der Waals surface area contributed by atoms with E-state index in [0.717, 1.165) is 6.07 Å². The van der Waals surface area contributed by atoms with E-state index in [0.29, 0.717) is 14.9 Å². The average molecular weight is 385 g/mol. The molecule has 0 aliphatic carbocycles. The number of aryl methyl sites for hydroxylation is 1. The Balaban J connectivity index is 2.59. The van der Waals surface area contributed by atoms with Crippen LogP contribution < -0.4 is 4.31 Å². The van der Waals surface area contributed by atoms with Gasteiger partial charge in [-0.1, -0.05) is 17.7 Å². The second-order valence-corrected chi connectivity index (χ2v) is 7.39. The van der Waals surface area contributed by atoms with Crippen LogP contribution >= 0.6 is 11.6 Å². The molecule has 0 amide bonds. The van der Waals surface area contributed by atoms with E-state index in [1.165, 1.54) is 43.3 Å². The number of nitro benzene ring substituents is 1. The Morgan fingerprint density at radius 3 is 2.36 bits per heavy atom. The Kier molecular flexibility index (Phi) is 5.29. The summed E-state index contributed by atoms with van der Waals surface area (Å²) in [5.74, 6) is -1.37. The van der Waals surface area contributed by atoms with Crippen LogP contribution in [0.5, 0.6) is 0 Å². The first-order chi connectivity index (χ1) is 11.6. The summed E-state index contributed by atoms with van der Waals surface area (Å²) in [4.78, 5) is 21.1. The summed E-state index contributed by atoms with van der Waals surface area (Å²) >= 11 is 5.77. The van der Waals surface area contributed by atoms with Crippen LogP contribution in [-0.4, -0.2) is 31.0 Å². The molecule has 25 heavy (non-hydrogen) atoms. The van der Waals surface area contributed by atoms with Crippen LogP contribution in [0.4, 0.5) is 11.4 Å². The Bertz CT molecular complexity index is 928. The minimum absolute atomic E-state index is 0.0787. The highest BCUT2D eigenvalue weighted by atomic mass is 35.5. The van der Waals surface area contributed by atoms with Gasteiger partial charge in [-0.2, -0.15) is 0 Å². The molecule has 0 aromatic heterocycles. The smallest absolute Gasteiger partial charge is 0.324 e. The van der Waals surface area contributed by atoms with Crippen molar-refractivity contribution in [3.63, 3.8) is 0 Å². The summed E-state index contributed by atoms with van der Waals surface area (Å²) in [5, 5.41) is 20.5. The molecule has 0 spiro atoms. The fourth-order valence-electron chi connectivity index (χ4n) is 2.12. The number of hydrogen-bond donors (Lipinski definition) is 1. The largest absolute Gasteiger partial charge is 0.480 e. The Morgan fingerprint density at radius 1 is 1.24 bits per heavy atom. The predicted octanol–water partition coefficient (Wildman–Crippen LogP) is 2.84. The van der Waals surface area contributed by atoms with Gasteiger partial charge in [0.05, 0.1) is 15.5 Å². The minimum Gasteiger partial charge on any atom is -0.480 e. The normalized spacial score (nSPS) is 11.1. The third-order valence-corrected chi connectivity index (χ3v) is 5.38. The fraction of sp³-hybridized carbons (Fsp3) is 0.133. The zero-order valence-electron chi connectivity index (χ0n) is 12.9. The predicted molar refractivity (Wildman–Crippen MR) is 91.5 cm³/mol. The molecule has 10 heteroatoms. The van der Waals surface area contributed by atoms with Crippen molar-refractivity contribution in [3.8, 4) is 0 Å². The summed E-state index contributed by atoms with van der Waals surface area (Å²) in [6.45, 7) is 0.633. The highest BCUT2D eigenvalue weighted by Crippen LogP contribution is 2.28. The van der Waals surface area contributed by atoms with E-state index in [-0.39, 0.29) is 16.3 Å². The van der Waals surface area contributed by atoms with Crippen molar-refractivity contribution in [1.29, 1.82) is 0 Å². The highest BCUT2D eigenvalue weighted by molar-refractivity contribution is 7.92. The van der Waals surface area contributed by atoms with Gasteiger partial charge < -0.3 is 5.11 Å². The lowest BCUT2D eigenvalue weighted by atomic mass is 10.2. The molecule has 132 valence electrons. The van der Waals surface area contributed by atoms with Gasteiger partial charge in [0.2, 0.25) is 0 Å². The maximum atomic E-state index is 12.8. The number of carbonyl (C=O) groups is 1. The van der Waals surface area contributed by atoms with Crippen molar-refractivity contribution in [2.24, 2.45) is 0 Å². The summed E-state index contributed by atoms with van der Waals surface area (Å²) in [5.41, 5.74) is 0.00251. The SMILES string of the molecule is Cc1ccc(S(=O)(=O)N(CC(=O)O)c2ccc(Cl)cc2)cc1[N+](=O)[O-]. The van der Waals surface area contributed by atoms with E-state index in [4.69, 9.17) is 16.7 Å². The summed E-state index contributed by atoms with van der Waals surface area (Å²) in [7, 11) is -4.33. The van der Waals surface area contributed by atoms with Crippen molar-refractivity contribution < 1.29 is 23.2 Å². The van der Waals surface area contributed by atoms with Crippen LogP contribution in [0.2, 0.25) is 5.02 Å². The van der Waals surface area contributed by atoms with Gasteiger partial charge in [-0.3, -0.25) is 19.2 Å². The molecule has 0 unspecified atom stereocenters. The Hall–Kier alpha value is -2.65. The maximum absolute atomic E-state index is 12.8. The van der Waals surface area contributed by atoms with E-state index >= 15 is 0 Å². The van der Waals surface area contributed by atoms with Gasteiger partial charge in [-0.25, -0.2) is 8.42 Å². The monoisotopic (exact) mass is 384 g/mol. The number of carboxylic acid groups (broad SMARTS) is 1. The number of rotatable bonds is 6. The minimum atomic E-state index is -4.33. The first-order valence-corrected chi connectivity index (χ1v) is 8.70. The van der Waals surface area contributed by atoms with Gasteiger partial charge in [-0.15, -0.1) is 0 Å². The molecular weight excluding hydrogens is 372 g/mol. The molecule has 0 heterocycles. The first kappa shape index (κ1) is 18.7. The number of benzene rings is 2. The lowest BCUT2D eigenvalue weighted by Gasteiger charge is -2.22. The molecule has 2 aromatic rings. The molecule has 0 atom stereocenters. The molecule has 2 rings (SSSR count). The van der Waals surface area contributed by atoms with E-state index in [9.17, 15) is 23.3 Å². The molecule has 0 fully saturated rings. The molecule has 0 bridgehead atoms. The number of nitrogens with zero attached hydrogens (tertiary/aromatic N) is 2. The topological polar surface area (TPSA) is 118 Å². The number of sulfonamides is 1. The second kappa shape index (κ2) is 7.08. The molecule has 1 N–H and O–H groups in total. The molecule has 2 aromatic carbocycles.